The van der Waals surface area contributed by atoms with Gasteiger partial charge in [-0.1, -0.05) is 6.92 Å². The Balaban J connectivity index is 1.52. The minimum absolute atomic E-state index is 0.105. The number of carbonyl (C=O) groups excluding carboxylic acids is 1. The molecule has 0 aromatic carbocycles. The Kier molecular flexibility index (Phi) is 5.60. The largest absolute Gasteiger partial charge is 0.389 e. The summed E-state index contributed by atoms with van der Waals surface area (Å²) in [6.45, 7) is 7.65. The predicted molar refractivity (Wildman–Crippen MR) is 89.1 cm³/mol. The normalized spacial score (nSPS) is 36.9. The molecule has 0 radical (unpaired) electrons. The van der Waals surface area contributed by atoms with Crippen LogP contribution in [-0.4, -0.2) is 72.4 Å². The minimum Gasteiger partial charge on any atom is -0.389 e. The van der Waals surface area contributed by atoms with E-state index in [1.165, 1.54) is 0 Å². The molecule has 0 spiro atoms. The predicted octanol–water partition coefficient (Wildman–Crippen LogP) is 1.50. The molecule has 3 aliphatic rings. The Hall–Kier alpha value is -0.650. The lowest BCUT2D eigenvalue weighted by atomic mass is 9.79. The average molecular weight is 324 g/mol. The van der Waals surface area contributed by atoms with Crippen LogP contribution in [0.5, 0.6) is 0 Å². The van der Waals surface area contributed by atoms with Crippen molar-refractivity contribution in [2.75, 3.05) is 45.9 Å². The van der Waals surface area contributed by atoms with E-state index in [9.17, 15) is 9.90 Å². The molecule has 1 N–H and O–H groups in total. The summed E-state index contributed by atoms with van der Waals surface area (Å²) in [5, 5.41) is 10.9. The Morgan fingerprint density at radius 3 is 2.57 bits per heavy atom. The van der Waals surface area contributed by atoms with Crippen molar-refractivity contribution in [1.82, 2.24) is 9.80 Å². The van der Waals surface area contributed by atoms with E-state index in [4.69, 9.17) is 4.74 Å². The number of piperidine rings is 1. The zero-order valence-electron chi connectivity index (χ0n) is 14.5. The van der Waals surface area contributed by atoms with Gasteiger partial charge < -0.3 is 14.7 Å². The lowest BCUT2D eigenvalue weighted by molar-refractivity contribution is -0.142. The van der Waals surface area contributed by atoms with Gasteiger partial charge in [0.25, 0.3) is 0 Å². The molecule has 1 unspecified atom stereocenters. The molecule has 2 heterocycles. The van der Waals surface area contributed by atoms with Gasteiger partial charge in [0.1, 0.15) is 0 Å². The zero-order chi connectivity index (χ0) is 16.3. The molecule has 1 aliphatic carbocycles. The van der Waals surface area contributed by atoms with Gasteiger partial charge >= 0.3 is 0 Å². The highest BCUT2D eigenvalue weighted by atomic mass is 16.5. The van der Waals surface area contributed by atoms with E-state index < -0.39 is 5.60 Å². The number of nitrogens with zero attached hydrogens (tertiary/aromatic N) is 2. The van der Waals surface area contributed by atoms with Gasteiger partial charge in [0.05, 0.1) is 24.7 Å². The molecular formula is C18H32N2O3. The molecule has 0 aromatic heterocycles. The van der Waals surface area contributed by atoms with Gasteiger partial charge in [-0.05, 0) is 51.0 Å². The fourth-order valence-electron chi connectivity index (χ4n) is 4.32. The van der Waals surface area contributed by atoms with E-state index in [0.29, 0.717) is 19.1 Å². The molecular weight excluding hydrogens is 292 g/mol. The maximum atomic E-state index is 12.7. The summed E-state index contributed by atoms with van der Waals surface area (Å²) >= 11 is 0. The van der Waals surface area contributed by atoms with Gasteiger partial charge in [-0.25, -0.2) is 0 Å². The van der Waals surface area contributed by atoms with E-state index >= 15 is 0 Å². The summed E-state index contributed by atoms with van der Waals surface area (Å²) in [4.78, 5) is 17.0. The Morgan fingerprint density at radius 2 is 1.87 bits per heavy atom. The van der Waals surface area contributed by atoms with Crippen molar-refractivity contribution < 1.29 is 14.6 Å². The first-order valence-electron chi connectivity index (χ1n) is 9.37. The molecule has 5 heteroatoms. The summed E-state index contributed by atoms with van der Waals surface area (Å²) in [5.41, 5.74) is -0.531. The van der Waals surface area contributed by atoms with Crippen LogP contribution in [0.15, 0.2) is 0 Å². The second kappa shape index (κ2) is 7.49. The molecule has 3 rings (SSSR count). The van der Waals surface area contributed by atoms with Gasteiger partial charge in [-0.15, -0.1) is 0 Å². The van der Waals surface area contributed by atoms with Crippen molar-refractivity contribution >= 4 is 5.91 Å². The third-order valence-corrected chi connectivity index (χ3v) is 5.90. The van der Waals surface area contributed by atoms with Crippen molar-refractivity contribution in [3.63, 3.8) is 0 Å². The lowest BCUT2D eigenvalue weighted by Crippen LogP contribution is -2.52. The van der Waals surface area contributed by atoms with E-state index in [1.54, 1.807) is 0 Å². The van der Waals surface area contributed by atoms with Crippen molar-refractivity contribution in [3.05, 3.63) is 0 Å². The van der Waals surface area contributed by atoms with Gasteiger partial charge in [-0.2, -0.15) is 0 Å². The van der Waals surface area contributed by atoms with E-state index in [0.717, 1.165) is 77.2 Å². The maximum absolute atomic E-state index is 12.7. The number of likely N-dealkylation sites (tertiary alicyclic amines) is 1. The average Bonchev–Trinajstić information content (AvgIpc) is 2.58. The monoisotopic (exact) mass is 324 g/mol. The summed E-state index contributed by atoms with van der Waals surface area (Å²) in [6, 6.07) is 0. The number of β-amino-alcohol motifs (C(OH)–C–C–N with tert-alkyl or cyclic N) is 1. The summed E-state index contributed by atoms with van der Waals surface area (Å²) in [6.07, 6.45) is 6.12. The molecule has 1 atom stereocenters. The standard InChI is InChI=1S/C18H32N2O3/c1-15-4-6-18(22,7-5-15)14-19-8-2-3-16(13-19)17(21)20-9-11-23-12-10-20/h15-16,22H,2-14H2,1H3. The number of carbonyl (C=O) groups is 1. The number of ether oxygens (including phenoxy) is 1. The van der Waals surface area contributed by atoms with Crippen LogP contribution in [0.25, 0.3) is 0 Å². The molecule has 1 saturated carbocycles. The molecule has 1 amide bonds. The SMILES string of the molecule is CC1CCC(O)(CN2CCCC(C(=O)N3CCOCC3)C2)CC1. The number of morpholine rings is 1. The van der Waals surface area contributed by atoms with Crippen LogP contribution in [-0.2, 0) is 9.53 Å². The Bertz CT molecular complexity index is 401. The van der Waals surface area contributed by atoms with Crippen LogP contribution in [0.4, 0.5) is 0 Å². The van der Waals surface area contributed by atoms with Crippen LogP contribution < -0.4 is 0 Å². The van der Waals surface area contributed by atoms with Crippen LogP contribution in [0.1, 0.15) is 45.4 Å². The number of hydrogen-bond donors (Lipinski definition) is 1. The smallest absolute Gasteiger partial charge is 0.227 e. The summed E-state index contributed by atoms with van der Waals surface area (Å²) in [7, 11) is 0. The van der Waals surface area contributed by atoms with E-state index in [-0.39, 0.29) is 5.92 Å². The molecule has 23 heavy (non-hydrogen) atoms. The van der Waals surface area contributed by atoms with Crippen molar-refractivity contribution in [2.45, 2.75) is 51.0 Å². The molecule has 3 fully saturated rings. The quantitative estimate of drug-likeness (QED) is 0.855. The van der Waals surface area contributed by atoms with Crippen molar-refractivity contribution in [1.29, 1.82) is 0 Å². The topological polar surface area (TPSA) is 53.0 Å². The highest BCUT2D eigenvalue weighted by Crippen LogP contribution is 2.33. The lowest BCUT2D eigenvalue weighted by Gasteiger charge is -2.42. The van der Waals surface area contributed by atoms with Crippen LogP contribution >= 0.6 is 0 Å². The fourth-order valence-corrected chi connectivity index (χ4v) is 4.32. The first-order chi connectivity index (χ1) is 11.1. The Labute approximate surface area is 140 Å². The van der Waals surface area contributed by atoms with Crippen LogP contribution in [0, 0.1) is 11.8 Å². The van der Waals surface area contributed by atoms with Gasteiger partial charge in [0.2, 0.25) is 5.91 Å². The van der Waals surface area contributed by atoms with E-state index in [2.05, 4.69) is 11.8 Å². The number of aliphatic hydroxyl groups is 1. The molecule has 5 nitrogen and oxygen atoms in total. The van der Waals surface area contributed by atoms with Gasteiger partial charge in [-0.3, -0.25) is 9.69 Å². The number of hydrogen-bond acceptors (Lipinski definition) is 4. The summed E-state index contributed by atoms with van der Waals surface area (Å²) < 4.78 is 5.34. The molecule has 2 saturated heterocycles. The van der Waals surface area contributed by atoms with E-state index in [1.807, 2.05) is 4.90 Å². The second-order valence-electron chi connectivity index (χ2n) is 7.92. The van der Waals surface area contributed by atoms with Crippen LogP contribution in [0.2, 0.25) is 0 Å². The van der Waals surface area contributed by atoms with Crippen molar-refractivity contribution in [2.24, 2.45) is 11.8 Å². The Morgan fingerprint density at radius 1 is 1.17 bits per heavy atom. The van der Waals surface area contributed by atoms with Crippen LogP contribution in [0.3, 0.4) is 0 Å². The highest BCUT2D eigenvalue weighted by Gasteiger charge is 2.36. The number of amides is 1. The van der Waals surface area contributed by atoms with Gasteiger partial charge in [0, 0.05) is 26.2 Å². The first-order valence-corrected chi connectivity index (χ1v) is 9.37. The summed E-state index contributed by atoms with van der Waals surface area (Å²) in [5.74, 6) is 1.14. The molecule has 132 valence electrons. The number of rotatable bonds is 3. The second-order valence-corrected chi connectivity index (χ2v) is 7.92. The highest BCUT2D eigenvalue weighted by molar-refractivity contribution is 5.79. The molecule has 2 aliphatic heterocycles. The maximum Gasteiger partial charge on any atom is 0.227 e. The van der Waals surface area contributed by atoms with Crippen molar-refractivity contribution in [3.8, 4) is 0 Å². The third kappa shape index (κ3) is 4.46. The fraction of sp³-hybridized carbons (Fsp3) is 0.944. The van der Waals surface area contributed by atoms with Gasteiger partial charge in [0.15, 0.2) is 0 Å². The third-order valence-electron chi connectivity index (χ3n) is 5.90. The minimum atomic E-state index is -0.531. The zero-order valence-corrected chi connectivity index (χ0v) is 14.5. The molecule has 0 aromatic rings. The molecule has 0 bridgehead atoms. The first kappa shape index (κ1) is 17.2.